The van der Waals surface area contributed by atoms with E-state index in [1.807, 2.05) is 19.1 Å². The summed E-state index contributed by atoms with van der Waals surface area (Å²) in [6.45, 7) is 5.20. The average molecular weight is 264 g/mol. The van der Waals surface area contributed by atoms with Crippen LogP contribution < -0.4 is 10.1 Å². The molecule has 1 atom stereocenters. The Morgan fingerprint density at radius 3 is 3.28 bits per heavy atom. The number of fused-ring (bicyclic) bond motifs is 1. The lowest BCUT2D eigenvalue weighted by Gasteiger charge is -2.21. The summed E-state index contributed by atoms with van der Waals surface area (Å²) in [4.78, 5) is 4.64. The van der Waals surface area contributed by atoms with E-state index in [9.17, 15) is 0 Å². The maximum absolute atomic E-state index is 5.73. The first-order valence-corrected chi connectivity index (χ1v) is 7.04. The number of benzene rings is 1. The second-order valence-electron chi connectivity index (χ2n) is 4.18. The van der Waals surface area contributed by atoms with Gasteiger partial charge in [-0.25, -0.2) is 4.98 Å². The zero-order chi connectivity index (χ0) is 12.4. The first kappa shape index (κ1) is 11.9. The number of thiazole rings is 1. The fraction of sp³-hybridized carbons (Fsp3) is 0.462. The monoisotopic (exact) mass is 264 g/mol. The summed E-state index contributed by atoms with van der Waals surface area (Å²) in [5.41, 5.74) is 1.02. The fourth-order valence-electron chi connectivity index (χ4n) is 2.04. The summed E-state index contributed by atoms with van der Waals surface area (Å²) in [6, 6.07) is 6.03. The molecule has 0 radical (unpaired) electrons. The molecule has 1 aliphatic rings. The van der Waals surface area contributed by atoms with Gasteiger partial charge in [-0.15, -0.1) is 11.3 Å². The van der Waals surface area contributed by atoms with Crippen LogP contribution in [-0.4, -0.2) is 31.3 Å². The molecule has 1 aromatic heterocycles. The molecular weight excluding hydrogens is 248 g/mol. The quantitative estimate of drug-likeness (QED) is 0.924. The molecule has 0 amide bonds. The number of hydrogen-bond acceptors (Lipinski definition) is 5. The molecule has 0 saturated carbocycles. The summed E-state index contributed by atoms with van der Waals surface area (Å²) >= 11 is 1.69. The van der Waals surface area contributed by atoms with Crippen LogP contribution in [0.15, 0.2) is 18.2 Å². The molecule has 1 aromatic carbocycles. The van der Waals surface area contributed by atoms with Crippen LogP contribution >= 0.6 is 11.3 Å². The van der Waals surface area contributed by atoms with Gasteiger partial charge in [0.2, 0.25) is 0 Å². The molecule has 18 heavy (non-hydrogen) atoms. The topological polar surface area (TPSA) is 43.4 Å². The molecule has 1 N–H and O–H groups in total. The summed E-state index contributed by atoms with van der Waals surface area (Å²) in [5.74, 6) is 0.905. The van der Waals surface area contributed by atoms with Crippen LogP contribution in [0.4, 0.5) is 0 Å². The van der Waals surface area contributed by atoms with E-state index in [2.05, 4.69) is 16.4 Å². The summed E-state index contributed by atoms with van der Waals surface area (Å²) in [7, 11) is 0. The molecular formula is C13H16N2O2S. The molecule has 1 aliphatic heterocycles. The molecule has 1 fully saturated rings. The second-order valence-corrected chi connectivity index (χ2v) is 5.24. The predicted octanol–water partition coefficient (Wildman–Crippen LogP) is 2.36. The SMILES string of the molecule is CCOc1ccc2nc(C3CNCCO3)sc2c1. The van der Waals surface area contributed by atoms with Crippen molar-refractivity contribution in [2.24, 2.45) is 0 Å². The first-order valence-electron chi connectivity index (χ1n) is 6.22. The van der Waals surface area contributed by atoms with Crippen LogP contribution in [0.25, 0.3) is 10.2 Å². The third kappa shape index (κ3) is 2.34. The van der Waals surface area contributed by atoms with E-state index in [0.29, 0.717) is 6.61 Å². The largest absolute Gasteiger partial charge is 0.494 e. The minimum Gasteiger partial charge on any atom is -0.494 e. The van der Waals surface area contributed by atoms with Gasteiger partial charge in [0.1, 0.15) is 16.9 Å². The van der Waals surface area contributed by atoms with E-state index in [1.165, 1.54) is 0 Å². The van der Waals surface area contributed by atoms with Gasteiger partial charge in [0, 0.05) is 13.1 Å². The Bertz CT molecular complexity index is 535. The Morgan fingerprint density at radius 1 is 1.56 bits per heavy atom. The third-order valence-corrected chi connectivity index (χ3v) is 4.00. The first-order chi connectivity index (χ1) is 8.86. The fourth-order valence-corrected chi connectivity index (χ4v) is 3.09. The van der Waals surface area contributed by atoms with Crippen molar-refractivity contribution in [1.29, 1.82) is 0 Å². The molecule has 0 bridgehead atoms. The zero-order valence-electron chi connectivity index (χ0n) is 10.3. The molecule has 4 nitrogen and oxygen atoms in total. The normalized spacial score (nSPS) is 20.2. The van der Waals surface area contributed by atoms with Crippen LogP contribution in [0.3, 0.4) is 0 Å². The molecule has 1 saturated heterocycles. The lowest BCUT2D eigenvalue weighted by Crippen LogP contribution is -2.33. The van der Waals surface area contributed by atoms with Gasteiger partial charge in [0.15, 0.2) is 0 Å². The Morgan fingerprint density at radius 2 is 2.50 bits per heavy atom. The second kappa shape index (κ2) is 5.22. The van der Waals surface area contributed by atoms with E-state index in [0.717, 1.165) is 40.7 Å². The maximum atomic E-state index is 5.73. The van der Waals surface area contributed by atoms with Crippen LogP contribution in [0, 0.1) is 0 Å². The van der Waals surface area contributed by atoms with Crippen molar-refractivity contribution in [2.45, 2.75) is 13.0 Å². The van der Waals surface area contributed by atoms with Gasteiger partial charge in [-0.3, -0.25) is 0 Å². The highest BCUT2D eigenvalue weighted by atomic mass is 32.1. The van der Waals surface area contributed by atoms with Gasteiger partial charge in [-0.1, -0.05) is 0 Å². The number of nitrogens with one attached hydrogen (secondary N) is 1. The van der Waals surface area contributed by atoms with Gasteiger partial charge in [0.05, 0.1) is 23.4 Å². The Kier molecular flexibility index (Phi) is 3.45. The molecule has 1 unspecified atom stereocenters. The van der Waals surface area contributed by atoms with Gasteiger partial charge < -0.3 is 14.8 Å². The molecule has 3 rings (SSSR count). The number of ether oxygens (including phenoxy) is 2. The molecule has 2 heterocycles. The van der Waals surface area contributed by atoms with Crippen molar-refractivity contribution in [3.05, 3.63) is 23.2 Å². The number of hydrogen-bond donors (Lipinski definition) is 1. The highest BCUT2D eigenvalue weighted by Crippen LogP contribution is 2.31. The third-order valence-electron chi connectivity index (χ3n) is 2.89. The van der Waals surface area contributed by atoms with E-state index in [1.54, 1.807) is 11.3 Å². The van der Waals surface area contributed by atoms with Crippen molar-refractivity contribution in [3.63, 3.8) is 0 Å². The summed E-state index contributed by atoms with van der Waals surface area (Å²) in [5, 5.41) is 4.37. The van der Waals surface area contributed by atoms with E-state index < -0.39 is 0 Å². The van der Waals surface area contributed by atoms with Crippen molar-refractivity contribution >= 4 is 21.6 Å². The zero-order valence-corrected chi connectivity index (χ0v) is 11.1. The van der Waals surface area contributed by atoms with Gasteiger partial charge >= 0.3 is 0 Å². The van der Waals surface area contributed by atoms with Gasteiger partial charge in [-0.05, 0) is 25.1 Å². The molecule has 0 spiro atoms. The Hall–Kier alpha value is -1.17. The van der Waals surface area contributed by atoms with Gasteiger partial charge in [-0.2, -0.15) is 0 Å². The number of morpholine rings is 1. The van der Waals surface area contributed by atoms with E-state index in [4.69, 9.17) is 9.47 Å². The molecule has 0 aliphatic carbocycles. The lowest BCUT2D eigenvalue weighted by molar-refractivity contribution is 0.0277. The van der Waals surface area contributed by atoms with Crippen molar-refractivity contribution < 1.29 is 9.47 Å². The number of rotatable bonds is 3. The average Bonchev–Trinajstić information content (AvgIpc) is 2.83. The highest BCUT2D eigenvalue weighted by Gasteiger charge is 2.19. The predicted molar refractivity (Wildman–Crippen MR) is 72.4 cm³/mol. The van der Waals surface area contributed by atoms with Crippen molar-refractivity contribution in [3.8, 4) is 5.75 Å². The smallest absolute Gasteiger partial charge is 0.124 e. The highest BCUT2D eigenvalue weighted by molar-refractivity contribution is 7.18. The standard InChI is InChI=1S/C13H16N2O2S/c1-2-16-9-3-4-10-12(7-9)18-13(15-10)11-8-14-5-6-17-11/h3-4,7,11,14H,2,5-6,8H2,1H3. The van der Waals surface area contributed by atoms with Gasteiger partial charge in [0.25, 0.3) is 0 Å². The van der Waals surface area contributed by atoms with Crippen LogP contribution in [0.1, 0.15) is 18.0 Å². The van der Waals surface area contributed by atoms with Crippen LogP contribution in [0.2, 0.25) is 0 Å². The van der Waals surface area contributed by atoms with E-state index >= 15 is 0 Å². The minimum atomic E-state index is 0.0895. The lowest BCUT2D eigenvalue weighted by atomic mass is 10.3. The summed E-state index contributed by atoms with van der Waals surface area (Å²) < 4.78 is 12.4. The summed E-state index contributed by atoms with van der Waals surface area (Å²) in [6.07, 6.45) is 0.0895. The molecule has 5 heteroatoms. The van der Waals surface area contributed by atoms with Crippen LogP contribution in [-0.2, 0) is 4.74 Å². The molecule has 2 aromatic rings. The Balaban J connectivity index is 1.89. The Labute approximate surface area is 110 Å². The number of nitrogens with zero attached hydrogens (tertiary/aromatic N) is 1. The van der Waals surface area contributed by atoms with Crippen molar-refractivity contribution in [2.75, 3.05) is 26.3 Å². The number of aromatic nitrogens is 1. The molecule has 96 valence electrons. The van der Waals surface area contributed by atoms with E-state index in [-0.39, 0.29) is 6.10 Å². The minimum absolute atomic E-state index is 0.0895. The maximum Gasteiger partial charge on any atom is 0.124 e. The van der Waals surface area contributed by atoms with Crippen molar-refractivity contribution in [1.82, 2.24) is 10.3 Å². The van der Waals surface area contributed by atoms with Crippen LogP contribution in [0.5, 0.6) is 5.75 Å².